The number of halogens is 1. The number of aryl methyl sites for hydroxylation is 1. The van der Waals surface area contributed by atoms with E-state index in [9.17, 15) is 9.59 Å². The minimum Gasteiger partial charge on any atom is -0.347 e. The number of benzene rings is 2. The average Bonchev–Trinajstić information content (AvgIpc) is 3.01. The molecule has 0 fully saturated rings. The van der Waals surface area contributed by atoms with Crippen molar-refractivity contribution in [1.29, 1.82) is 0 Å². The van der Waals surface area contributed by atoms with Crippen molar-refractivity contribution in [3.05, 3.63) is 85.8 Å². The van der Waals surface area contributed by atoms with Gasteiger partial charge in [-0.05, 0) is 58.8 Å². The monoisotopic (exact) mass is 476 g/mol. The van der Waals surface area contributed by atoms with Crippen LogP contribution < -0.4 is 10.6 Å². The van der Waals surface area contributed by atoms with Gasteiger partial charge in [0.1, 0.15) is 0 Å². The van der Waals surface area contributed by atoms with Crippen molar-refractivity contribution in [3.63, 3.8) is 0 Å². The normalized spacial score (nSPS) is 10.4. The summed E-state index contributed by atoms with van der Waals surface area (Å²) in [6.07, 6.45) is 0. The number of nitrogens with one attached hydrogen (secondary N) is 2. The zero-order valence-electron chi connectivity index (χ0n) is 14.1. The molecule has 2 aromatic carbocycles. The molecule has 0 aliphatic carbocycles. The van der Waals surface area contributed by atoms with Gasteiger partial charge in [-0.2, -0.15) is 0 Å². The zero-order chi connectivity index (χ0) is 18.5. The first-order chi connectivity index (χ1) is 12.5. The van der Waals surface area contributed by atoms with Crippen molar-refractivity contribution < 1.29 is 9.59 Å². The Balaban J connectivity index is 1.67. The number of carbonyl (C=O) groups excluding carboxylic acids is 2. The van der Waals surface area contributed by atoms with Crippen LogP contribution in [0.4, 0.5) is 5.00 Å². The highest BCUT2D eigenvalue weighted by Crippen LogP contribution is 2.27. The Bertz CT molecular complexity index is 938. The summed E-state index contributed by atoms with van der Waals surface area (Å²) >= 11 is 3.42. The van der Waals surface area contributed by atoms with Crippen LogP contribution in [-0.2, 0) is 6.54 Å². The number of amides is 2. The molecule has 0 aliphatic heterocycles. The maximum absolute atomic E-state index is 12.4. The predicted molar refractivity (Wildman–Crippen MR) is 114 cm³/mol. The van der Waals surface area contributed by atoms with E-state index in [1.165, 1.54) is 11.3 Å². The third kappa shape index (κ3) is 4.50. The van der Waals surface area contributed by atoms with Gasteiger partial charge >= 0.3 is 0 Å². The standard InChI is InChI=1S/C20H17IN2O2S/c1-13-11-17(23-19(24)15-9-5-6-10-16(15)21)26-18(13)20(25)22-12-14-7-3-2-4-8-14/h2-11H,12H2,1H3,(H,22,25)(H,23,24). The highest BCUT2D eigenvalue weighted by molar-refractivity contribution is 14.1. The summed E-state index contributed by atoms with van der Waals surface area (Å²) in [4.78, 5) is 25.5. The van der Waals surface area contributed by atoms with Gasteiger partial charge in [0, 0.05) is 10.1 Å². The smallest absolute Gasteiger partial charge is 0.261 e. The molecule has 0 saturated heterocycles. The third-order valence-electron chi connectivity index (χ3n) is 3.78. The second-order valence-electron chi connectivity index (χ2n) is 5.73. The molecule has 1 heterocycles. The van der Waals surface area contributed by atoms with Gasteiger partial charge in [0.15, 0.2) is 0 Å². The number of hydrogen-bond donors (Lipinski definition) is 2. The minimum atomic E-state index is -0.174. The molecule has 0 radical (unpaired) electrons. The molecule has 2 amide bonds. The first-order valence-electron chi connectivity index (χ1n) is 8.03. The lowest BCUT2D eigenvalue weighted by atomic mass is 10.2. The Hall–Kier alpha value is -2.19. The molecule has 0 aliphatic rings. The van der Waals surface area contributed by atoms with E-state index < -0.39 is 0 Å². The Morgan fingerprint density at radius 1 is 1.00 bits per heavy atom. The first kappa shape index (κ1) is 18.6. The van der Waals surface area contributed by atoms with Crippen molar-refractivity contribution in [2.75, 3.05) is 5.32 Å². The Labute approximate surface area is 169 Å². The van der Waals surface area contributed by atoms with Crippen molar-refractivity contribution >= 4 is 50.7 Å². The summed E-state index contributed by atoms with van der Waals surface area (Å²) in [5, 5.41) is 6.47. The van der Waals surface area contributed by atoms with Crippen molar-refractivity contribution in [2.24, 2.45) is 0 Å². The summed E-state index contributed by atoms with van der Waals surface area (Å²) in [5.41, 5.74) is 2.51. The van der Waals surface area contributed by atoms with Crippen LogP contribution in [0.25, 0.3) is 0 Å². The fourth-order valence-electron chi connectivity index (χ4n) is 2.45. The maximum atomic E-state index is 12.4. The molecule has 4 nitrogen and oxygen atoms in total. The Kier molecular flexibility index (Phi) is 6.05. The van der Waals surface area contributed by atoms with Gasteiger partial charge < -0.3 is 10.6 Å². The Morgan fingerprint density at radius 2 is 1.69 bits per heavy atom. The van der Waals surface area contributed by atoms with Gasteiger partial charge in [0.05, 0.1) is 15.4 Å². The topological polar surface area (TPSA) is 58.2 Å². The van der Waals surface area contributed by atoms with E-state index in [0.717, 1.165) is 14.7 Å². The van der Waals surface area contributed by atoms with E-state index >= 15 is 0 Å². The lowest BCUT2D eigenvalue weighted by molar-refractivity contribution is 0.0953. The quantitative estimate of drug-likeness (QED) is 0.518. The molecule has 0 spiro atoms. The number of rotatable bonds is 5. The van der Waals surface area contributed by atoms with E-state index in [1.807, 2.05) is 61.5 Å². The second-order valence-corrected chi connectivity index (χ2v) is 7.94. The van der Waals surface area contributed by atoms with Gasteiger partial charge in [-0.25, -0.2) is 0 Å². The van der Waals surface area contributed by atoms with Gasteiger partial charge in [0.2, 0.25) is 0 Å². The van der Waals surface area contributed by atoms with E-state index in [1.54, 1.807) is 6.07 Å². The van der Waals surface area contributed by atoms with Crippen molar-refractivity contribution in [1.82, 2.24) is 5.32 Å². The second kappa shape index (κ2) is 8.46. The SMILES string of the molecule is Cc1cc(NC(=O)c2ccccc2I)sc1C(=O)NCc1ccccc1. The van der Waals surface area contributed by atoms with Gasteiger partial charge in [0.25, 0.3) is 11.8 Å². The zero-order valence-corrected chi connectivity index (χ0v) is 17.1. The van der Waals surface area contributed by atoms with Crippen molar-refractivity contribution in [3.8, 4) is 0 Å². The molecule has 0 unspecified atom stereocenters. The largest absolute Gasteiger partial charge is 0.347 e. The molecule has 3 aromatic rings. The van der Waals surface area contributed by atoms with Crippen LogP contribution >= 0.6 is 33.9 Å². The lowest BCUT2D eigenvalue weighted by Gasteiger charge is -2.05. The molecule has 6 heteroatoms. The highest BCUT2D eigenvalue weighted by atomic mass is 127. The summed E-state index contributed by atoms with van der Waals surface area (Å²) in [6, 6.07) is 19.0. The summed E-state index contributed by atoms with van der Waals surface area (Å²) in [6.45, 7) is 2.34. The van der Waals surface area contributed by atoms with Crippen LogP contribution in [-0.4, -0.2) is 11.8 Å². The number of thiophene rings is 1. The van der Waals surface area contributed by atoms with E-state index in [0.29, 0.717) is 22.0 Å². The molecule has 0 bridgehead atoms. The summed E-state index contributed by atoms with van der Waals surface area (Å²) in [7, 11) is 0. The van der Waals surface area contributed by atoms with Crippen LogP contribution in [0.1, 0.15) is 31.2 Å². The summed E-state index contributed by atoms with van der Waals surface area (Å²) < 4.78 is 0.886. The van der Waals surface area contributed by atoms with E-state index in [2.05, 4.69) is 33.2 Å². The first-order valence-corrected chi connectivity index (χ1v) is 9.92. The van der Waals surface area contributed by atoms with Gasteiger partial charge in [-0.15, -0.1) is 11.3 Å². The van der Waals surface area contributed by atoms with Crippen LogP contribution in [0.15, 0.2) is 60.7 Å². The summed E-state index contributed by atoms with van der Waals surface area (Å²) in [5.74, 6) is -0.307. The molecular formula is C20H17IN2O2S. The molecule has 2 N–H and O–H groups in total. The lowest BCUT2D eigenvalue weighted by Crippen LogP contribution is -2.22. The number of anilines is 1. The predicted octanol–water partition coefficient (Wildman–Crippen LogP) is 4.84. The maximum Gasteiger partial charge on any atom is 0.261 e. The van der Waals surface area contributed by atoms with Gasteiger partial charge in [-0.1, -0.05) is 42.5 Å². The fourth-order valence-corrected chi connectivity index (χ4v) is 4.07. The molecule has 3 rings (SSSR count). The Morgan fingerprint density at radius 3 is 2.42 bits per heavy atom. The van der Waals surface area contributed by atoms with E-state index in [4.69, 9.17) is 0 Å². The number of carbonyl (C=O) groups is 2. The number of hydrogen-bond acceptors (Lipinski definition) is 3. The molecule has 1 aromatic heterocycles. The molecule has 0 atom stereocenters. The van der Waals surface area contributed by atoms with Crippen LogP contribution in [0.3, 0.4) is 0 Å². The molecular weight excluding hydrogens is 459 g/mol. The third-order valence-corrected chi connectivity index (χ3v) is 5.87. The highest BCUT2D eigenvalue weighted by Gasteiger charge is 2.16. The molecule has 26 heavy (non-hydrogen) atoms. The minimum absolute atomic E-state index is 0.133. The molecule has 132 valence electrons. The van der Waals surface area contributed by atoms with Crippen molar-refractivity contribution in [2.45, 2.75) is 13.5 Å². The van der Waals surface area contributed by atoms with Crippen LogP contribution in [0.2, 0.25) is 0 Å². The van der Waals surface area contributed by atoms with Gasteiger partial charge in [-0.3, -0.25) is 9.59 Å². The molecule has 0 saturated carbocycles. The van der Waals surface area contributed by atoms with Crippen LogP contribution in [0.5, 0.6) is 0 Å². The van der Waals surface area contributed by atoms with Crippen LogP contribution in [0, 0.1) is 10.5 Å². The fraction of sp³-hybridized carbons (Fsp3) is 0.100. The van der Waals surface area contributed by atoms with E-state index in [-0.39, 0.29) is 11.8 Å². The average molecular weight is 476 g/mol.